The Hall–Kier alpha value is -0.730. The number of nitrogens with one attached hydrogen (secondary N) is 1. The maximum atomic E-state index is 6.02. The predicted octanol–water partition coefficient (Wildman–Crippen LogP) is 3.41. The van der Waals surface area contributed by atoms with Crippen molar-refractivity contribution >= 4 is 11.6 Å². The van der Waals surface area contributed by atoms with Crippen molar-refractivity contribution in [3.63, 3.8) is 0 Å². The third-order valence-electron chi connectivity index (χ3n) is 3.19. The molecule has 0 aliphatic heterocycles. The van der Waals surface area contributed by atoms with Gasteiger partial charge in [0.2, 0.25) is 0 Å². The molecule has 2 nitrogen and oxygen atoms in total. The molecule has 0 bridgehead atoms. The highest BCUT2D eigenvalue weighted by atomic mass is 35.5. The molecule has 0 amide bonds. The normalized spacial score (nSPS) is 17.2. The lowest BCUT2D eigenvalue weighted by molar-refractivity contribution is 0.412. The van der Waals surface area contributed by atoms with Crippen LogP contribution in [0, 0.1) is 5.92 Å². The highest BCUT2D eigenvalue weighted by Crippen LogP contribution is 2.38. The Kier molecular flexibility index (Phi) is 3.72. The van der Waals surface area contributed by atoms with Crippen LogP contribution >= 0.6 is 11.6 Å². The lowest BCUT2D eigenvalue weighted by Gasteiger charge is -2.17. The van der Waals surface area contributed by atoms with E-state index in [4.69, 9.17) is 16.3 Å². The summed E-state index contributed by atoms with van der Waals surface area (Å²) in [7, 11) is 3.66. The van der Waals surface area contributed by atoms with Crippen molar-refractivity contribution in [3.05, 3.63) is 28.8 Å². The summed E-state index contributed by atoms with van der Waals surface area (Å²) in [6.07, 6.45) is 3.97. The fraction of sp³-hybridized carbons (Fsp3) is 0.538. The van der Waals surface area contributed by atoms with Gasteiger partial charge in [-0.2, -0.15) is 0 Å². The molecule has 1 aliphatic carbocycles. The van der Waals surface area contributed by atoms with Gasteiger partial charge in [-0.3, -0.25) is 0 Å². The fourth-order valence-corrected chi connectivity index (χ4v) is 2.20. The molecule has 1 aromatic rings. The molecule has 0 spiro atoms. The van der Waals surface area contributed by atoms with Crippen molar-refractivity contribution < 1.29 is 4.74 Å². The second kappa shape index (κ2) is 5.07. The van der Waals surface area contributed by atoms with Crippen molar-refractivity contribution in [2.45, 2.75) is 25.3 Å². The third kappa shape index (κ3) is 2.69. The molecule has 16 heavy (non-hydrogen) atoms. The van der Waals surface area contributed by atoms with Gasteiger partial charge in [-0.15, -0.1) is 0 Å². The van der Waals surface area contributed by atoms with E-state index in [9.17, 15) is 0 Å². The van der Waals surface area contributed by atoms with E-state index in [2.05, 4.69) is 11.4 Å². The van der Waals surface area contributed by atoms with Crippen LogP contribution in [0.3, 0.4) is 0 Å². The van der Waals surface area contributed by atoms with Crippen LogP contribution in [0.5, 0.6) is 5.75 Å². The summed E-state index contributed by atoms with van der Waals surface area (Å²) >= 11 is 6.02. The van der Waals surface area contributed by atoms with Crippen molar-refractivity contribution in [3.8, 4) is 5.75 Å². The van der Waals surface area contributed by atoms with Gasteiger partial charge in [-0.25, -0.2) is 0 Å². The molecule has 1 N–H and O–H groups in total. The maximum Gasteiger partial charge on any atom is 0.137 e. The SMILES string of the molecule is CNC(CC1CC1)c1ccc(Cl)c(OC)c1. The smallest absolute Gasteiger partial charge is 0.137 e. The predicted molar refractivity (Wildman–Crippen MR) is 67.1 cm³/mol. The van der Waals surface area contributed by atoms with Gasteiger partial charge >= 0.3 is 0 Å². The number of rotatable bonds is 5. The van der Waals surface area contributed by atoms with Gasteiger partial charge in [0, 0.05) is 6.04 Å². The zero-order valence-corrected chi connectivity index (χ0v) is 10.6. The number of hydrogen-bond donors (Lipinski definition) is 1. The lowest BCUT2D eigenvalue weighted by Crippen LogP contribution is -2.17. The largest absolute Gasteiger partial charge is 0.495 e. The Morgan fingerprint density at radius 3 is 2.81 bits per heavy atom. The summed E-state index contributed by atoms with van der Waals surface area (Å²) in [6, 6.07) is 6.44. The van der Waals surface area contributed by atoms with Crippen LogP contribution in [-0.4, -0.2) is 14.2 Å². The van der Waals surface area contributed by atoms with Crippen molar-refractivity contribution in [1.82, 2.24) is 5.32 Å². The molecular formula is C13H18ClNO. The fourth-order valence-electron chi connectivity index (χ4n) is 2.00. The van der Waals surface area contributed by atoms with E-state index >= 15 is 0 Å². The molecule has 1 aliphatic rings. The van der Waals surface area contributed by atoms with Crippen LogP contribution in [0.15, 0.2) is 18.2 Å². The highest BCUT2D eigenvalue weighted by molar-refractivity contribution is 6.32. The molecule has 1 unspecified atom stereocenters. The first-order valence-corrected chi connectivity index (χ1v) is 6.13. The van der Waals surface area contributed by atoms with Gasteiger partial charge in [0.1, 0.15) is 5.75 Å². The van der Waals surface area contributed by atoms with Crippen molar-refractivity contribution in [2.24, 2.45) is 5.92 Å². The minimum Gasteiger partial charge on any atom is -0.495 e. The van der Waals surface area contributed by atoms with Crippen LogP contribution in [0.4, 0.5) is 0 Å². The molecule has 0 heterocycles. The minimum absolute atomic E-state index is 0.415. The van der Waals surface area contributed by atoms with E-state index in [1.54, 1.807) is 7.11 Å². The van der Waals surface area contributed by atoms with E-state index < -0.39 is 0 Å². The average Bonchev–Trinajstić information content (AvgIpc) is 3.11. The Morgan fingerprint density at radius 1 is 1.50 bits per heavy atom. The quantitative estimate of drug-likeness (QED) is 0.850. The zero-order chi connectivity index (χ0) is 11.5. The minimum atomic E-state index is 0.415. The Morgan fingerprint density at radius 2 is 2.25 bits per heavy atom. The standard InChI is InChI=1S/C13H18ClNO/c1-15-12(7-9-3-4-9)10-5-6-11(14)13(8-10)16-2/h5-6,8-9,12,15H,3-4,7H2,1-2H3. The van der Waals surface area contributed by atoms with E-state index in [0.717, 1.165) is 11.7 Å². The molecule has 1 atom stereocenters. The third-order valence-corrected chi connectivity index (χ3v) is 3.50. The number of hydrogen-bond acceptors (Lipinski definition) is 2. The van der Waals surface area contributed by atoms with Gasteiger partial charge in [-0.1, -0.05) is 30.5 Å². The van der Waals surface area contributed by atoms with E-state index in [1.165, 1.54) is 24.8 Å². The summed E-state index contributed by atoms with van der Waals surface area (Å²) in [5, 5.41) is 4.04. The average molecular weight is 240 g/mol. The number of benzene rings is 1. The summed E-state index contributed by atoms with van der Waals surface area (Å²) in [6.45, 7) is 0. The van der Waals surface area contributed by atoms with Crippen LogP contribution in [0.1, 0.15) is 30.9 Å². The van der Waals surface area contributed by atoms with E-state index in [0.29, 0.717) is 11.1 Å². The van der Waals surface area contributed by atoms with Crippen LogP contribution in [0.25, 0.3) is 0 Å². The first-order valence-electron chi connectivity index (χ1n) is 5.75. The second-order valence-corrected chi connectivity index (χ2v) is 4.82. The zero-order valence-electron chi connectivity index (χ0n) is 9.79. The molecule has 0 radical (unpaired) electrons. The highest BCUT2D eigenvalue weighted by Gasteiger charge is 2.25. The topological polar surface area (TPSA) is 21.3 Å². The van der Waals surface area contributed by atoms with Gasteiger partial charge in [-0.05, 0) is 37.1 Å². The summed E-state index contributed by atoms with van der Waals surface area (Å²) in [5.74, 6) is 1.66. The Labute approximate surface area is 102 Å². The lowest BCUT2D eigenvalue weighted by atomic mass is 10.0. The first-order chi connectivity index (χ1) is 7.74. The van der Waals surface area contributed by atoms with Crippen LogP contribution in [-0.2, 0) is 0 Å². The molecule has 1 fully saturated rings. The van der Waals surface area contributed by atoms with Crippen LogP contribution in [0.2, 0.25) is 5.02 Å². The van der Waals surface area contributed by atoms with Gasteiger partial charge in [0.05, 0.1) is 12.1 Å². The van der Waals surface area contributed by atoms with Crippen molar-refractivity contribution in [2.75, 3.05) is 14.2 Å². The molecular weight excluding hydrogens is 222 g/mol. The molecule has 88 valence electrons. The number of methoxy groups -OCH3 is 1. The van der Waals surface area contributed by atoms with E-state index in [1.807, 2.05) is 19.2 Å². The second-order valence-electron chi connectivity index (χ2n) is 4.41. The Balaban J connectivity index is 2.16. The summed E-state index contributed by atoms with van der Waals surface area (Å²) in [4.78, 5) is 0. The molecule has 1 saturated carbocycles. The molecule has 0 aromatic heterocycles. The van der Waals surface area contributed by atoms with Crippen molar-refractivity contribution in [1.29, 1.82) is 0 Å². The van der Waals surface area contributed by atoms with Gasteiger partial charge in [0.25, 0.3) is 0 Å². The monoisotopic (exact) mass is 239 g/mol. The number of halogens is 1. The maximum absolute atomic E-state index is 6.02. The Bertz CT molecular complexity index is 363. The van der Waals surface area contributed by atoms with Gasteiger partial charge in [0.15, 0.2) is 0 Å². The summed E-state index contributed by atoms with van der Waals surface area (Å²) in [5.41, 5.74) is 1.26. The van der Waals surface area contributed by atoms with E-state index in [-0.39, 0.29) is 0 Å². The number of ether oxygens (including phenoxy) is 1. The molecule has 2 rings (SSSR count). The first kappa shape index (κ1) is 11.7. The molecule has 3 heteroatoms. The van der Waals surface area contributed by atoms with Gasteiger partial charge < -0.3 is 10.1 Å². The molecule has 0 saturated heterocycles. The molecule has 1 aromatic carbocycles. The van der Waals surface area contributed by atoms with Crippen LogP contribution < -0.4 is 10.1 Å². The summed E-state index contributed by atoms with van der Waals surface area (Å²) < 4.78 is 5.24.